The summed E-state index contributed by atoms with van der Waals surface area (Å²) < 4.78 is 26.5. The van der Waals surface area contributed by atoms with Crippen LogP contribution in [0.4, 0.5) is 8.78 Å². The quantitative estimate of drug-likeness (QED) is 0.697. The predicted molar refractivity (Wildman–Crippen MR) is 79.4 cm³/mol. The summed E-state index contributed by atoms with van der Waals surface area (Å²) in [5.41, 5.74) is 0.154. The van der Waals surface area contributed by atoms with Gasteiger partial charge in [0.2, 0.25) is 11.8 Å². The van der Waals surface area contributed by atoms with Crippen molar-refractivity contribution in [1.29, 1.82) is 0 Å². The molecular formula is C16H20F2N2O3. The summed E-state index contributed by atoms with van der Waals surface area (Å²) >= 11 is 0. The normalized spacial score (nSPS) is 16.5. The van der Waals surface area contributed by atoms with Gasteiger partial charge in [-0.05, 0) is 49.9 Å². The van der Waals surface area contributed by atoms with Gasteiger partial charge >= 0.3 is 0 Å². The Hall–Kier alpha value is -2.02. The fraction of sp³-hybridized carbons (Fsp3) is 0.500. The minimum atomic E-state index is -1.06. The van der Waals surface area contributed by atoms with Crippen molar-refractivity contribution in [3.05, 3.63) is 35.4 Å². The van der Waals surface area contributed by atoms with Crippen LogP contribution in [-0.4, -0.2) is 35.6 Å². The van der Waals surface area contributed by atoms with Gasteiger partial charge in [-0.15, -0.1) is 0 Å². The van der Waals surface area contributed by atoms with Crippen molar-refractivity contribution < 1.29 is 23.5 Å². The Kier molecular flexibility index (Phi) is 5.65. The zero-order valence-electron chi connectivity index (χ0n) is 12.8. The number of carbonyl (C=O) groups excluding carboxylic acids is 2. The second-order valence-corrected chi connectivity index (χ2v) is 5.78. The third-order valence-electron chi connectivity index (χ3n) is 3.71. The summed E-state index contributed by atoms with van der Waals surface area (Å²) in [5.74, 6) is -1.97. The molecule has 0 bridgehead atoms. The highest BCUT2D eigenvalue weighted by molar-refractivity contribution is 5.89. The topological polar surface area (TPSA) is 78.4 Å². The van der Waals surface area contributed by atoms with Crippen LogP contribution in [0.3, 0.4) is 0 Å². The highest BCUT2D eigenvalue weighted by Crippen LogP contribution is 2.28. The van der Waals surface area contributed by atoms with E-state index in [1.807, 2.05) is 0 Å². The number of benzene rings is 1. The lowest BCUT2D eigenvalue weighted by Crippen LogP contribution is -2.53. The van der Waals surface area contributed by atoms with Crippen molar-refractivity contribution >= 4 is 11.8 Å². The van der Waals surface area contributed by atoms with Crippen molar-refractivity contribution in [3.8, 4) is 0 Å². The standard InChI is InChI=1S/C16H20F2N2O3/c1-9(21)14(20-15(22)10-2-3-10)16(23)19-7-6-11-8-12(17)4-5-13(11)18/h4-5,8-10,14,21H,2-3,6-7H2,1H3,(H,19,23)(H,20,22). The van der Waals surface area contributed by atoms with Crippen molar-refractivity contribution in [1.82, 2.24) is 10.6 Å². The van der Waals surface area contributed by atoms with Crippen LogP contribution in [-0.2, 0) is 16.0 Å². The van der Waals surface area contributed by atoms with Gasteiger partial charge in [-0.1, -0.05) is 0 Å². The van der Waals surface area contributed by atoms with E-state index in [4.69, 9.17) is 0 Å². The number of aliphatic hydroxyl groups is 1. The number of halogens is 2. The molecule has 23 heavy (non-hydrogen) atoms. The molecule has 126 valence electrons. The maximum Gasteiger partial charge on any atom is 0.245 e. The highest BCUT2D eigenvalue weighted by atomic mass is 19.1. The van der Waals surface area contributed by atoms with Crippen molar-refractivity contribution in [3.63, 3.8) is 0 Å². The summed E-state index contributed by atoms with van der Waals surface area (Å²) in [5, 5.41) is 14.7. The fourth-order valence-corrected chi connectivity index (χ4v) is 2.19. The van der Waals surface area contributed by atoms with Gasteiger partial charge in [-0.3, -0.25) is 9.59 Å². The number of hydrogen-bond acceptors (Lipinski definition) is 3. The fourth-order valence-electron chi connectivity index (χ4n) is 2.19. The Bertz CT molecular complexity index is 589. The molecule has 1 aromatic carbocycles. The summed E-state index contributed by atoms with van der Waals surface area (Å²) in [6.07, 6.45) is 0.638. The lowest BCUT2D eigenvalue weighted by Gasteiger charge is -2.21. The van der Waals surface area contributed by atoms with Gasteiger partial charge in [0.15, 0.2) is 0 Å². The molecule has 0 aromatic heterocycles. The molecule has 0 heterocycles. The van der Waals surface area contributed by atoms with Gasteiger partial charge in [0.05, 0.1) is 6.10 Å². The minimum absolute atomic E-state index is 0.0712. The first-order valence-electron chi connectivity index (χ1n) is 7.58. The van der Waals surface area contributed by atoms with Crippen molar-refractivity contribution in [2.75, 3.05) is 6.54 Å². The summed E-state index contributed by atoms with van der Waals surface area (Å²) in [6.45, 7) is 1.48. The molecule has 0 spiro atoms. The third-order valence-corrected chi connectivity index (χ3v) is 3.71. The molecule has 3 N–H and O–H groups in total. The van der Waals surface area contributed by atoms with Gasteiger partial charge in [0.1, 0.15) is 17.7 Å². The van der Waals surface area contributed by atoms with Crippen LogP contribution in [0.25, 0.3) is 0 Å². The van der Waals surface area contributed by atoms with E-state index < -0.39 is 29.7 Å². The summed E-state index contributed by atoms with van der Waals surface area (Å²) in [7, 11) is 0. The Morgan fingerprint density at radius 3 is 2.65 bits per heavy atom. The van der Waals surface area contributed by atoms with Gasteiger partial charge in [-0.25, -0.2) is 8.78 Å². The van der Waals surface area contributed by atoms with E-state index >= 15 is 0 Å². The molecule has 1 saturated carbocycles. The monoisotopic (exact) mass is 326 g/mol. The lowest BCUT2D eigenvalue weighted by atomic mass is 10.1. The van der Waals surface area contributed by atoms with Crippen molar-refractivity contribution in [2.24, 2.45) is 5.92 Å². The molecule has 0 radical (unpaired) electrons. The number of hydrogen-bond donors (Lipinski definition) is 3. The largest absolute Gasteiger partial charge is 0.391 e. The molecule has 2 rings (SSSR count). The van der Waals surface area contributed by atoms with Crippen LogP contribution in [0.2, 0.25) is 0 Å². The van der Waals surface area contributed by atoms with E-state index in [-0.39, 0.29) is 30.4 Å². The zero-order valence-corrected chi connectivity index (χ0v) is 12.8. The van der Waals surface area contributed by atoms with Crippen LogP contribution in [0.5, 0.6) is 0 Å². The molecule has 1 fully saturated rings. The average Bonchev–Trinajstić information content (AvgIpc) is 3.32. The van der Waals surface area contributed by atoms with Crippen LogP contribution in [0.15, 0.2) is 18.2 Å². The van der Waals surface area contributed by atoms with E-state index in [0.29, 0.717) is 0 Å². The van der Waals surface area contributed by atoms with Gasteiger partial charge < -0.3 is 15.7 Å². The number of aliphatic hydroxyl groups excluding tert-OH is 1. The van der Waals surface area contributed by atoms with E-state index in [2.05, 4.69) is 10.6 Å². The smallest absolute Gasteiger partial charge is 0.245 e. The molecule has 1 aliphatic carbocycles. The van der Waals surface area contributed by atoms with E-state index in [0.717, 1.165) is 31.0 Å². The Morgan fingerprint density at radius 2 is 2.04 bits per heavy atom. The van der Waals surface area contributed by atoms with Crippen LogP contribution >= 0.6 is 0 Å². The maximum absolute atomic E-state index is 13.5. The number of nitrogens with one attached hydrogen (secondary N) is 2. The molecule has 2 unspecified atom stereocenters. The van der Waals surface area contributed by atoms with E-state index in [1.54, 1.807) is 0 Å². The zero-order chi connectivity index (χ0) is 17.0. The van der Waals surface area contributed by atoms with Crippen LogP contribution in [0.1, 0.15) is 25.3 Å². The Morgan fingerprint density at radius 1 is 1.35 bits per heavy atom. The molecule has 2 atom stereocenters. The van der Waals surface area contributed by atoms with Crippen LogP contribution < -0.4 is 10.6 Å². The number of amides is 2. The predicted octanol–water partition coefficient (Wildman–Crippen LogP) is 0.899. The molecular weight excluding hydrogens is 306 g/mol. The first kappa shape index (κ1) is 17.3. The third kappa shape index (κ3) is 4.99. The number of rotatable bonds is 7. The molecule has 2 amide bonds. The molecule has 0 saturated heterocycles. The van der Waals surface area contributed by atoms with Gasteiger partial charge in [0, 0.05) is 12.5 Å². The maximum atomic E-state index is 13.5. The molecule has 5 nitrogen and oxygen atoms in total. The second kappa shape index (κ2) is 7.50. The molecule has 1 aromatic rings. The molecule has 7 heteroatoms. The number of carbonyl (C=O) groups is 2. The highest BCUT2D eigenvalue weighted by Gasteiger charge is 2.34. The average molecular weight is 326 g/mol. The van der Waals surface area contributed by atoms with Gasteiger partial charge in [-0.2, -0.15) is 0 Å². The van der Waals surface area contributed by atoms with Crippen molar-refractivity contribution in [2.45, 2.75) is 38.3 Å². The second-order valence-electron chi connectivity index (χ2n) is 5.78. The first-order chi connectivity index (χ1) is 10.9. The summed E-state index contributed by atoms with van der Waals surface area (Å²) in [6, 6.07) is 2.07. The Balaban J connectivity index is 1.85. The molecule has 0 aliphatic heterocycles. The van der Waals surface area contributed by atoms with Gasteiger partial charge in [0.25, 0.3) is 0 Å². The Labute approximate surface area is 133 Å². The molecule has 1 aliphatic rings. The summed E-state index contributed by atoms with van der Waals surface area (Å²) in [4.78, 5) is 23.8. The lowest BCUT2D eigenvalue weighted by molar-refractivity contribution is -0.132. The SMILES string of the molecule is CC(O)C(NC(=O)C1CC1)C(=O)NCCc1cc(F)ccc1F. The van der Waals surface area contributed by atoms with E-state index in [9.17, 15) is 23.5 Å². The minimum Gasteiger partial charge on any atom is -0.391 e. The van der Waals surface area contributed by atoms with Crippen LogP contribution in [0, 0.1) is 17.6 Å². The first-order valence-corrected chi connectivity index (χ1v) is 7.58. The van der Waals surface area contributed by atoms with E-state index in [1.165, 1.54) is 6.92 Å².